The second kappa shape index (κ2) is 10.3. The van der Waals surface area contributed by atoms with Gasteiger partial charge in [0.05, 0.1) is 18.2 Å². The number of aromatic hydroxyl groups is 1. The summed E-state index contributed by atoms with van der Waals surface area (Å²) < 4.78 is 15.1. The van der Waals surface area contributed by atoms with Gasteiger partial charge in [0.1, 0.15) is 11.6 Å². The van der Waals surface area contributed by atoms with Crippen LogP contribution in [0.3, 0.4) is 0 Å². The Labute approximate surface area is 209 Å². The van der Waals surface area contributed by atoms with E-state index in [1.807, 2.05) is 49.4 Å². The molecule has 2 aromatic heterocycles. The van der Waals surface area contributed by atoms with Gasteiger partial charge in [0.25, 0.3) is 5.56 Å². The van der Waals surface area contributed by atoms with Crippen LogP contribution >= 0.6 is 0 Å². The summed E-state index contributed by atoms with van der Waals surface area (Å²) in [6.45, 7) is 5.04. The summed E-state index contributed by atoms with van der Waals surface area (Å²) in [4.78, 5) is 22.5. The largest absolute Gasteiger partial charge is 0.507 e. The Morgan fingerprint density at radius 1 is 0.972 bits per heavy atom. The van der Waals surface area contributed by atoms with Crippen molar-refractivity contribution >= 4 is 5.69 Å². The number of aryl methyl sites for hydroxylation is 1. The van der Waals surface area contributed by atoms with E-state index in [1.165, 1.54) is 12.1 Å². The molecular weight excluding hydrogens is 455 g/mol. The zero-order chi connectivity index (χ0) is 25.1. The summed E-state index contributed by atoms with van der Waals surface area (Å²) in [6, 6.07) is 21.5. The van der Waals surface area contributed by atoms with Crippen LogP contribution < -0.4 is 10.5 Å². The third-order valence-corrected chi connectivity index (χ3v) is 6.85. The molecule has 3 heterocycles. The minimum Gasteiger partial charge on any atom is -0.507 e. The van der Waals surface area contributed by atoms with Gasteiger partial charge >= 0.3 is 0 Å². The molecule has 1 saturated heterocycles. The Bertz CT molecular complexity index is 1370. The third kappa shape index (κ3) is 4.88. The minimum absolute atomic E-state index is 0.00903. The van der Waals surface area contributed by atoms with Crippen molar-refractivity contribution in [2.24, 2.45) is 0 Å². The normalized spacial score (nSPS) is 15.1. The van der Waals surface area contributed by atoms with E-state index in [0.717, 1.165) is 29.9 Å². The van der Waals surface area contributed by atoms with Crippen LogP contribution in [0.4, 0.5) is 10.1 Å². The first-order chi connectivity index (χ1) is 17.5. The topological polar surface area (TPSA) is 61.6 Å². The smallest absolute Gasteiger partial charge is 0.259 e. The Balaban J connectivity index is 1.50. The molecule has 184 valence electrons. The van der Waals surface area contributed by atoms with Crippen molar-refractivity contribution in [3.63, 3.8) is 0 Å². The Kier molecular flexibility index (Phi) is 6.82. The molecule has 0 amide bonds. The van der Waals surface area contributed by atoms with Crippen molar-refractivity contribution in [2.75, 3.05) is 31.1 Å². The third-order valence-electron chi connectivity index (χ3n) is 6.85. The lowest BCUT2D eigenvalue weighted by atomic mass is 9.96. The highest BCUT2D eigenvalue weighted by atomic mass is 19.1. The van der Waals surface area contributed by atoms with E-state index in [9.17, 15) is 14.3 Å². The fraction of sp³-hybridized carbons (Fsp3) is 0.241. The van der Waals surface area contributed by atoms with Crippen molar-refractivity contribution < 1.29 is 9.50 Å². The van der Waals surface area contributed by atoms with E-state index in [0.29, 0.717) is 30.9 Å². The number of nitrogens with zero attached hydrogens (tertiary/aromatic N) is 4. The number of hydrogen-bond donors (Lipinski definition) is 1. The molecule has 1 atom stereocenters. The van der Waals surface area contributed by atoms with Crippen LogP contribution in [0.25, 0.3) is 0 Å². The second-order valence-corrected chi connectivity index (χ2v) is 9.15. The summed E-state index contributed by atoms with van der Waals surface area (Å²) in [6.07, 6.45) is 3.46. The van der Waals surface area contributed by atoms with E-state index >= 15 is 0 Å². The molecule has 0 unspecified atom stereocenters. The SMILES string of the molecule is Cc1cc(O)c([C@H](c2ccccc2)N2CCN(c3ccc(F)cc3)CC2)c(=O)n1Cc1cccnc1. The maximum Gasteiger partial charge on any atom is 0.259 e. The van der Waals surface area contributed by atoms with E-state index < -0.39 is 6.04 Å². The Morgan fingerprint density at radius 2 is 1.69 bits per heavy atom. The van der Waals surface area contributed by atoms with Gasteiger partial charge in [-0.05, 0) is 54.4 Å². The van der Waals surface area contributed by atoms with Gasteiger partial charge in [0.15, 0.2) is 0 Å². The van der Waals surface area contributed by atoms with Crippen LogP contribution in [-0.2, 0) is 6.54 Å². The highest BCUT2D eigenvalue weighted by Gasteiger charge is 2.31. The predicted molar refractivity (Wildman–Crippen MR) is 139 cm³/mol. The molecule has 36 heavy (non-hydrogen) atoms. The van der Waals surface area contributed by atoms with E-state index in [-0.39, 0.29) is 17.1 Å². The molecule has 1 N–H and O–H groups in total. The van der Waals surface area contributed by atoms with Gasteiger partial charge in [-0.1, -0.05) is 36.4 Å². The number of pyridine rings is 2. The Hall–Kier alpha value is -3.97. The molecule has 7 heteroatoms. The van der Waals surface area contributed by atoms with Crippen LogP contribution in [0.15, 0.2) is 90.0 Å². The van der Waals surface area contributed by atoms with Crippen LogP contribution in [-0.4, -0.2) is 45.7 Å². The lowest BCUT2D eigenvalue weighted by Gasteiger charge is -2.40. The van der Waals surface area contributed by atoms with Gasteiger partial charge in [0, 0.05) is 50.0 Å². The van der Waals surface area contributed by atoms with Gasteiger partial charge in [-0.25, -0.2) is 4.39 Å². The van der Waals surface area contributed by atoms with Crippen LogP contribution in [0, 0.1) is 12.7 Å². The van der Waals surface area contributed by atoms with Crippen LogP contribution in [0.5, 0.6) is 5.75 Å². The van der Waals surface area contributed by atoms with E-state index in [4.69, 9.17) is 0 Å². The first kappa shape index (κ1) is 23.8. The van der Waals surface area contributed by atoms with Crippen LogP contribution in [0.1, 0.15) is 28.4 Å². The molecule has 0 radical (unpaired) electrons. The van der Waals surface area contributed by atoms with Crippen molar-refractivity contribution in [3.8, 4) is 5.75 Å². The van der Waals surface area contributed by atoms with Crippen molar-refractivity contribution in [3.05, 3.63) is 124 Å². The lowest BCUT2D eigenvalue weighted by molar-refractivity contribution is 0.207. The number of halogens is 1. The molecular formula is C29H29FN4O2. The summed E-state index contributed by atoms with van der Waals surface area (Å²) in [5.74, 6) is -0.242. The number of aromatic nitrogens is 2. The minimum atomic E-state index is -0.394. The number of hydrogen-bond acceptors (Lipinski definition) is 5. The standard InChI is InChI=1S/C29H29FN4O2/c1-21-18-26(35)27(29(36)34(21)20-22-6-5-13-31-19-22)28(23-7-3-2-4-8-23)33-16-14-32(15-17-33)25-11-9-24(30)10-12-25/h2-13,18-19,28,35H,14-17,20H2,1H3/t28-/m0/s1. The molecule has 0 bridgehead atoms. The second-order valence-electron chi connectivity index (χ2n) is 9.15. The van der Waals surface area contributed by atoms with E-state index in [2.05, 4.69) is 14.8 Å². The van der Waals surface area contributed by atoms with Crippen molar-refractivity contribution in [2.45, 2.75) is 19.5 Å². The molecule has 1 fully saturated rings. The van der Waals surface area contributed by atoms with Gasteiger partial charge in [-0.15, -0.1) is 0 Å². The average molecular weight is 485 g/mol. The maximum absolute atomic E-state index is 13.9. The number of rotatable bonds is 6. The molecule has 6 nitrogen and oxygen atoms in total. The van der Waals surface area contributed by atoms with Crippen molar-refractivity contribution in [1.29, 1.82) is 0 Å². The fourth-order valence-electron chi connectivity index (χ4n) is 4.98. The molecule has 4 aromatic rings. The monoisotopic (exact) mass is 484 g/mol. The summed E-state index contributed by atoms with van der Waals surface area (Å²) >= 11 is 0. The zero-order valence-corrected chi connectivity index (χ0v) is 20.2. The van der Waals surface area contributed by atoms with E-state index in [1.54, 1.807) is 35.2 Å². The quantitative estimate of drug-likeness (QED) is 0.441. The molecule has 1 aliphatic rings. The maximum atomic E-state index is 13.9. The molecule has 0 saturated carbocycles. The lowest BCUT2D eigenvalue weighted by Crippen LogP contribution is -2.49. The first-order valence-electron chi connectivity index (χ1n) is 12.1. The summed E-state index contributed by atoms with van der Waals surface area (Å²) in [5, 5.41) is 11.1. The van der Waals surface area contributed by atoms with Gasteiger partial charge in [-0.2, -0.15) is 0 Å². The fourth-order valence-corrected chi connectivity index (χ4v) is 4.98. The highest BCUT2D eigenvalue weighted by Crippen LogP contribution is 2.34. The summed E-state index contributed by atoms with van der Waals surface area (Å²) in [7, 11) is 0. The molecule has 1 aliphatic heterocycles. The first-order valence-corrected chi connectivity index (χ1v) is 12.1. The summed E-state index contributed by atoms with van der Waals surface area (Å²) in [5.41, 5.74) is 3.72. The Morgan fingerprint density at radius 3 is 2.36 bits per heavy atom. The van der Waals surface area contributed by atoms with Crippen LogP contribution in [0.2, 0.25) is 0 Å². The van der Waals surface area contributed by atoms with Gasteiger partial charge < -0.3 is 14.6 Å². The molecule has 0 spiro atoms. The van der Waals surface area contributed by atoms with Gasteiger partial charge in [-0.3, -0.25) is 14.7 Å². The molecule has 5 rings (SSSR count). The van der Waals surface area contributed by atoms with Gasteiger partial charge in [0.2, 0.25) is 0 Å². The predicted octanol–water partition coefficient (Wildman–Crippen LogP) is 4.36. The average Bonchev–Trinajstić information content (AvgIpc) is 2.91. The zero-order valence-electron chi connectivity index (χ0n) is 20.2. The highest BCUT2D eigenvalue weighted by molar-refractivity contribution is 5.47. The number of anilines is 1. The van der Waals surface area contributed by atoms with Crippen molar-refractivity contribution in [1.82, 2.24) is 14.5 Å². The molecule has 0 aliphatic carbocycles. The number of benzene rings is 2. The number of piperazine rings is 1. The molecule has 2 aromatic carbocycles.